The number of ether oxygens (including phenoxy) is 1. The highest BCUT2D eigenvalue weighted by Gasteiger charge is 2.15. The van der Waals surface area contributed by atoms with Crippen molar-refractivity contribution in [1.82, 2.24) is 14.5 Å². The molecule has 0 saturated carbocycles. The van der Waals surface area contributed by atoms with E-state index >= 15 is 0 Å². The van der Waals surface area contributed by atoms with Crippen molar-refractivity contribution in [2.24, 2.45) is 5.73 Å². The number of hydrogen-bond acceptors (Lipinski definition) is 4. The average molecular weight is 393 g/mol. The van der Waals surface area contributed by atoms with Crippen LogP contribution >= 0.6 is 34.2 Å². The first kappa shape index (κ1) is 14.1. The van der Waals surface area contributed by atoms with Crippen molar-refractivity contribution in [3.05, 3.63) is 33.9 Å². The Hall–Kier alpha value is -1.35. The molecule has 2 heterocycles. The monoisotopic (exact) mass is 392 g/mol. The first-order valence-corrected chi connectivity index (χ1v) is 6.72. The molecular formula is C11H10ClIN4O2. The molecule has 0 fully saturated rings. The van der Waals surface area contributed by atoms with Crippen LogP contribution in [-0.2, 0) is 11.3 Å². The van der Waals surface area contributed by atoms with Gasteiger partial charge in [-0.1, -0.05) is 18.2 Å². The summed E-state index contributed by atoms with van der Waals surface area (Å²) in [7, 11) is 0. The number of nitrogens with zero attached hydrogens (tertiary/aromatic N) is 3. The van der Waals surface area contributed by atoms with Gasteiger partial charge in [0.25, 0.3) is 0 Å². The largest absolute Gasteiger partial charge is 0.440 e. The highest BCUT2D eigenvalue weighted by Crippen LogP contribution is 2.26. The summed E-state index contributed by atoms with van der Waals surface area (Å²) in [4.78, 5) is 18.9. The minimum absolute atomic E-state index is 0.360. The smallest absolute Gasteiger partial charge is 0.405 e. The minimum atomic E-state index is -0.844. The maximum absolute atomic E-state index is 10.8. The predicted molar refractivity (Wildman–Crippen MR) is 79.9 cm³/mol. The van der Waals surface area contributed by atoms with Crippen LogP contribution in [-0.4, -0.2) is 26.7 Å². The number of fused-ring (bicyclic) bond motifs is 1. The van der Waals surface area contributed by atoms with E-state index in [4.69, 9.17) is 22.1 Å². The van der Waals surface area contributed by atoms with E-state index in [0.717, 1.165) is 8.96 Å². The Morgan fingerprint density at radius 1 is 1.68 bits per heavy atom. The Morgan fingerprint density at radius 3 is 3.05 bits per heavy atom. The van der Waals surface area contributed by atoms with Crippen LogP contribution in [0.5, 0.6) is 0 Å². The van der Waals surface area contributed by atoms with Crippen molar-refractivity contribution in [1.29, 1.82) is 0 Å². The second-order valence-electron chi connectivity index (χ2n) is 3.70. The lowest BCUT2D eigenvalue weighted by molar-refractivity contribution is 0.121. The Bertz CT molecular complexity index is 643. The molecule has 0 bridgehead atoms. The van der Waals surface area contributed by atoms with Crippen molar-refractivity contribution >= 4 is 51.3 Å². The van der Waals surface area contributed by atoms with E-state index in [2.05, 4.69) is 39.1 Å². The van der Waals surface area contributed by atoms with Gasteiger partial charge in [-0.2, -0.15) is 0 Å². The third-order valence-electron chi connectivity index (χ3n) is 2.47. The third kappa shape index (κ3) is 2.98. The summed E-state index contributed by atoms with van der Waals surface area (Å²) in [6, 6.07) is 0. The number of amides is 1. The number of nitrogens with two attached hydrogens (primary N) is 1. The second kappa shape index (κ2) is 5.74. The molecule has 0 spiro atoms. The fourth-order valence-corrected chi connectivity index (χ4v) is 2.91. The van der Waals surface area contributed by atoms with Crippen molar-refractivity contribution < 1.29 is 9.53 Å². The molecule has 2 N–H and O–H groups in total. The molecule has 1 atom stereocenters. The number of rotatable bonds is 4. The zero-order chi connectivity index (χ0) is 14.0. The van der Waals surface area contributed by atoms with Crippen LogP contribution in [0, 0.1) is 3.57 Å². The Balaban J connectivity index is 2.38. The molecule has 0 aliphatic rings. The van der Waals surface area contributed by atoms with Gasteiger partial charge in [-0.05, 0) is 28.7 Å². The highest BCUT2D eigenvalue weighted by molar-refractivity contribution is 14.1. The standard InChI is InChI=1S/C11H10ClIN4O2/c1-2-6(19-11(14)18)3-17-4-7(13)8-9(12)15-5-16-10(8)17/h2,4-6H,1,3H2,(H2,14,18)/t6-/m0/s1. The molecule has 0 aliphatic heterocycles. The van der Waals surface area contributed by atoms with Crippen LogP contribution in [0.25, 0.3) is 11.0 Å². The zero-order valence-electron chi connectivity index (χ0n) is 9.72. The van der Waals surface area contributed by atoms with Crippen LogP contribution in [0.3, 0.4) is 0 Å². The van der Waals surface area contributed by atoms with Gasteiger partial charge in [-0.3, -0.25) is 0 Å². The first-order chi connectivity index (χ1) is 9.02. The lowest BCUT2D eigenvalue weighted by Crippen LogP contribution is -2.25. The maximum atomic E-state index is 10.8. The molecule has 0 radical (unpaired) electrons. The SMILES string of the molecule is C=C[C@@H](Cn1cc(I)c2c(Cl)ncnc21)OC(N)=O. The minimum Gasteiger partial charge on any atom is -0.440 e. The second-order valence-corrected chi connectivity index (χ2v) is 5.22. The van der Waals surface area contributed by atoms with Crippen molar-refractivity contribution in [3.8, 4) is 0 Å². The van der Waals surface area contributed by atoms with E-state index in [9.17, 15) is 4.79 Å². The van der Waals surface area contributed by atoms with E-state index in [0.29, 0.717) is 17.3 Å². The summed E-state index contributed by atoms with van der Waals surface area (Å²) in [6.07, 6.45) is 3.37. The first-order valence-electron chi connectivity index (χ1n) is 5.26. The van der Waals surface area contributed by atoms with Crippen LogP contribution < -0.4 is 5.73 Å². The van der Waals surface area contributed by atoms with E-state index in [1.54, 1.807) is 0 Å². The molecule has 2 aromatic heterocycles. The van der Waals surface area contributed by atoms with Crippen molar-refractivity contribution in [2.75, 3.05) is 0 Å². The summed E-state index contributed by atoms with van der Waals surface area (Å²) in [6.45, 7) is 3.97. The van der Waals surface area contributed by atoms with Crippen LogP contribution in [0.1, 0.15) is 0 Å². The summed E-state index contributed by atoms with van der Waals surface area (Å²) in [5.41, 5.74) is 5.67. The molecule has 0 aliphatic carbocycles. The van der Waals surface area contributed by atoms with Gasteiger partial charge in [-0.25, -0.2) is 14.8 Å². The van der Waals surface area contributed by atoms with Gasteiger partial charge >= 0.3 is 6.09 Å². The van der Waals surface area contributed by atoms with Crippen molar-refractivity contribution in [3.63, 3.8) is 0 Å². The fourth-order valence-electron chi connectivity index (χ4n) is 1.68. The topological polar surface area (TPSA) is 83.0 Å². The normalized spacial score (nSPS) is 12.3. The predicted octanol–water partition coefficient (Wildman–Crippen LogP) is 2.34. The highest BCUT2D eigenvalue weighted by atomic mass is 127. The molecule has 0 aromatic carbocycles. The Labute approximate surface area is 127 Å². The molecule has 2 aromatic rings. The number of carbonyl (C=O) groups is 1. The Kier molecular flexibility index (Phi) is 4.25. The lowest BCUT2D eigenvalue weighted by Gasteiger charge is -2.13. The van der Waals surface area contributed by atoms with E-state index in [1.807, 2.05) is 10.8 Å². The molecule has 8 heteroatoms. The number of primary amides is 1. The summed E-state index contributed by atoms with van der Waals surface area (Å²) in [5, 5.41) is 1.16. The fraction of sp³-hybridized carbons (Fsp3) is 0.182. The van der Waals surface area contributed by atoms with Crippen LogP contribution in [0.4, 0.5) is 4.79 Å². The zero-order valence-corrected chi connectivity index (χ0v) is 12.6. The summed E-state index contributed by atoms with van der Waals surface area (Å²) in [5.74, 6) is 0. The van der Waals surface area contributed by atoms with Gasteiger partial charge in [-0.15, -0.1) is 0 Å². The molecule has 19 heavy (non-hydrogen) atoms. The number of aromatic nitrogens is 3. The molecular weight excluding hydrogens is 383 g/mol. The summed E-state index contributed by atoms with van der Waals surface area (Å²) < 4.78 is 7.65. The molecule has 0 saturated heterocycles. The van der Waals surface area contributed by atoms with Crippen LogP contribution in [0.15, 0.2) is 25.2 Å². The van der Waals surface area contributed by atoms with E-state index in [1.165, 1.54) is 12.4 Å². The quantitative estimate of drug-likeness (QED) is 0.492. The number of hydrogen-bond donors (Lipinski definition) is 1. The lowest BCUT2D eigenvalue weighted by atomic mass is 10.3. The summed E-state index contributed by atoms with van der Waals surface area (Å²) >= 11 is 8.18. The molecule has 6 nitrogen and oxygen atoms in total. The van der Waals surface area contributed by atoms with Crippen molar-refractivity contribution in [2.45, 2.75) is 12.6 Å². The third-order valence-corrected chi connectivity index (χ3v) is 3.57. The molecule has 100 valence electrons. The molecule has 1 amide bonds. The maximum Gasteiger partial charge on any atom is 0.405 e. The van der Waals surface area contributed by atoms with E-state index in [-0.39, 0.29) is 0 Å². The van der Waals surface area contributed by atoms with Crippen LogP contribution in [0.2, 0.25) is 5.15 Å². The Morgan fingerprint density at radius 2 is 2.42 bits per heavy atom. The van der Waals surface area contributed by atoms with Gasteiger partial charge < -0.3 is 15.0 Å². The van der Waals surface area contributed by atoms with Gasteiger partial charge in [0, 0.05) is 9.77 Å². The van der Waals surface area contributed by atoms with Gasteiger partial charge in [0.05, 0.1) is 11.9 Å². The molecule has 0 unspecified atom stereocenters. The van der Waals surface area contributed by atoms with E-state index < -0.39 is 12.2 Å². The number of carbonyl (C=O) groups excluding carboxylic acids is 1. The van der Waals surface area contributed by atoms with Gasteiger partial charge in [0.1, 0.15) is 23.2 Å². The van der Waals surface area contributed by atoms with Gasteiger partial charge in [0.15, 0.2) is 0 Å². The average Bonchev–Trinajstić information content (AvgIpc) is 2.66. The molecule has 2 rings (SSSR count). The van der Waals surface area contributed by atoms with Gasteiger partial charge in [0.2, 0.25) is 0 Å². The number of halogens is 2.